The number of anilines is 2. The molecule has 0 bridgehead atoms. The fourth-order valence-electron chi connectivity index (χ4n) is 2.52. The number of thiazole rings is 1. The van der Waals surface area contributed by atoms with Crippen molar-refractivity contribution in [1.29, 1.82) is 5.26 Å². The Balaban J connectivity index is 1.60. The van der Waals surface area contributed by atoms with E-state index < -0.39 is 6.61 Å². The molecule has 0 aliphatic heterocycles. The van der Waals surface area contributed by atoms with Gasteiger partial charge in [-0.1, -0.05) is 0 Å². The maximum Gasteiger partial charge on any atom is 0.387 e. The van der Waals surface area contributed by atoms with Gasteiger partial charge in [0.1, 0.15) is 5.75 Å². The molecule has 0 aliphatic carbocycles. The van der Waals surface area contributed by atoms with E-state index >= 15 is 0 Å². The van der Waals surface area contributed by atoms with Crippen LogP contribution in [0.2, 0.25) is 0 Å². The van der Waals surface area contributed by atoms with Crippen molar-refractivity contribution >= 4 is 28.1 Å². The van der Waals surface area contributed by atoms with E-state index in [1.807, 2.05) is 13.0 Å². The first-order valence-electron chi connectivity index (χ1n) is 8.51. The molecule has 0 fully saturated rings. The first-order valence-corrected chi connectivity index (χ1v) is 9.33. The number of carbonyl (C=O) groups is 1. The minimum Gasteiger partial charge on any atom is -0.435 e. The molecule has 2 aromatic carbocycles. The summed E-state index contributed by atoms with van der Waals surface area (Å²) in [6.45, 7) is -0.970. The van der Waals surface area contributed by atoms with Crippen molar-refractivity contribution in [3.8, 4) is 23.1 Å². The van der Waals surface area contributed by atoms with Crippen LogP contribution < -0.4 is 15.4 Å². The van der Waals surface area contributed by atoms with Gasteiger partial charge in [-0.25, -0.2) is 4.98 Å². The Labute approximate surface area is 169 Å². The van der Waals surface area contributed by atoms with E-state index in [2.05, 4.69) is 20.4 Å². The zero-order valence-electron chi connectivity index (χ0n) is 15.3. The van der Waals surface area contributed by atoms with E-state index in [0.717, 1.165) is 16.1 Å². The third-order valence-electron chi connectivity index (χ3n) is 3.86. The Morgan fingerprint density at radius 2 is 1.90 bits per heavy atom. The van der Waals surface area contributed by atoms with E-state index in [9.17, 15) is 13.6 Å². The second kappa shape index (κ2) is 9.12. The summed E-state index contributed by atoms with van der Waals surface area (Å²) in [5.74, 6) is -0.200. The first kappa shape index (κ1) is 20.2. The molecule has 1 heterocycles. The van der Waals surface area contributed by atoms with Gasteiger partial charge in [-0.2, -0.15) is 14.0 Å². The number of aromatic nitrogens is 1. The molecule has 3 aromatic rings. The molecule has 1 amide bonds. The van der Waals surface area contributed by atoms with Crippen LogP contribution in [0.25, 0.3) is 11.3 Å². The van der Waals surface area contributed by atoms with Gasteiger partial charge in [-0.15, -0.1) is 11.3 Å². The van der Waals surface area contributed by atoms with Gasteiger partial charge in [-0.05, 0) is 55.5 Å². The van der Waals surface area contributed by atoms with Gasteiger partial charge in [0.15, 0.2) is 5.13 Å². The summed E-state index contributed by atoms with van der Waals surface area (Å²) in [5, 5.41) is 14.9. The maximum absolute atomic E-state index is 12.2. The monoisotopic (exact) mass is 414 g/mol. The number of halogens is 2. The lowest BCUT2D eigenvalue weighted by atomic mass is 10.1. The zero-order valence-corrected chi connectivity index (χ0v) is 16.1. The van der Waals surface area contributed by atoms with Crippen LogP contribution in [-0.2, 0) is 4.79 Å². The van der Waals surface area contributed by atoms with Gasteiger partial charge >= 0.3 is 6.61 Å². The fourth-order valence-corrected chi connectivity index (χ4v) is 3.37. The summed E-state index contributed by atoms with van der Waals surface area (Å²) in [6, 6.07) is 15.0. The Bertz CT molecular complexity index is 1030. The van der Waals surface area contributed by atoms with Crippen molar-refractivity contribution in [1.82, 2.24) is 4.98 Å². The average Bonchev–Trinajstić information content (AvgIpc) is 3.07. The van der Waals surface area contributed by atoms with E-state index in [-0.39, 0.29) is 18.2 Å². The SMILES string of the molecule is Cc1sc(NC(=O)CNc2ccc(C#N)cc2)nc1-c1ccc(OC(F)F)cc1. The lowest BCUT2D eigenvalue weighted by Gasteiger charge is -2.06. The third kappa shape index (κ3) is 5.49. The van der Waals surface area contributed by atoms with Gasteiger partial charge < -0.3 is 15.4 Å². The number of carbonyl (C=O) groups excluding carboxylic acids is 1. The molecule has 29 heavy (non-hydrogen) atoms. The number of nitrogens with zero attached hydrogens (tertiary/aromatic N) is 2. The van der Waals surface area contributed by atoms with E-state index in [1.165, 1.54) is 23.5 Å². The molecule has 0 unspecified atom stereocenters. The number of rotatable bonds is 7. The minimum atomic E-state index is -2.87. The van der Waals surface area contributed by atoms with E-state index in [4.69, 9.17) is 5.26 Å². The number of ether oxygens (including phenoxy) is 1. The highest BCUT2D eigenvalue weighted by Crippen LogP contribution is 2.31. The zero-order chi connectivity index (χ0) is 20.8. The molecule has 0 saturated heterocycles. The largest absolute Gasteiger partial charge is 0.435 e. The summed E-state index contributed by atoms with van der Waals surface area (Å²) < 4.78 is 28.8. The van der Waals surface area contributed by atoms with Crippen LogP contribution >= 0.6 is 11.3 Å². The summed E-state index contributed by atoms with van der Waals surface area (Å²) in [6.07, 6.45) is 0. The molecule has 0 spiro atoms. The highest BCUT2D eigenvalue weighted by Gasteiger charge is 2.13. The van der Waals surface area contributed by atoms with Crippen LogP contribution in [-0.4, -0.2) is 24.0 Å². The van der Waals surface area contributed by atoms with Gasteiger partial charge in [0.2, 0.25) is 5.91 Å². The quantitative estimate of drug-likeness (QED) is 0.588. The lowest BCUT2D eigenvalue weighted by Crippen LogP contribution is -2.21. The van der Waals surface area contributed by atoms with Crippen LogP contribution in [0.5, 0.6) is 5.75 Å². The number of benzene rings is 2. The molecular weight excluding hydrogens is 398 g/mol. The van der Waals surface area contributed by atoms with Gasteiger partial charge in [0.25, 0.3) is 0 Å². The number of nitriles is 1. The topological polar surface area (TPSA) is 87.0 Å². The number of hydrogen-bond donors (Lipinski definition) is 2. The van der Waals surface area contributed by atoms with Crippen molar-refractivity contribution in [3.63, 3.8) is 0 Å². The lowest BCUT2D eigenvalue weighted by molar-refractivity contribution is -0.114. The fraction of sp³-hybridized carbons (Fsp3) is 0.150. The highest BCUT2D eigenvalue weighted by molar-refractivity contribution is 7.16. The van der Waals surface area contributed by atoms with Crippen LogP contribution in [0, 0.1) is 18.3 Å². The Hall–Kier alpha value is -3.51. The molecular formula is C20H16F2N4O2S. The number of hydrogen-bond acceptors (Lipinski definition) is 6. The standard InChI is InChI=1S/C20H16F2N4O2S/c1-12-18(14-4-8-16(9-5-14)28-19(21)22)26-20(29-12)25-17(27)11-24-15-6-2-13(10-23)3-7-15/h2-9,19,24H,11H2,1H3,(H,25,26,27). The number of aryl methyl sites for hydroxylation is 1. The van der Waals surface area contributed by atoms with Crippen molar-refractivity contribution < 1.29 is 18.3 Å². The third-order valence-corrected chi connectivity index (χ3v) is 4.75. The molecule has 6 nitrogen and oxygen atoms in total. The van der Waals surface area contributed by atoms with Crippen LogP contribution in [0.1, 0.15) is 10.4 Å². The molecule has 3 rings (SSSR count). The van der Waals surface area contributed by atoms with Gasteiger partial charge in [0, 0.05) is 16.1 Å². The van der Waals surface area contributed by atoms with Gasteiger partial charge in [-0.3, -0.25) is 4.79 Å². The Morgan fingerprint density at radius 1 is 1.21 bits per heavy atom. The Morgan fingerprint density at radius 3 is 2.52 bits per heavy atom. The van der Waals surface area contributed by atoms with Crippen LogP contribution in [0.3, 0.4) is 0 Å². The molecule has 0 aliphatic rings. The normalized spacial score (nSPS) is 10.4. The van der Waals surface area contributed by atoms with Crippen molar-refractivity contribution in [2.24, 2.45) is 0 Å². The molecule has 148 valence electrons. The number of alkyl halides is 2. The second-order valence-electron chi connectivity index (χ2n) is 5.92. The summed E-state index contributed by atoms with van der Waals surface area (Å²) in [5.41, 5.74) is 2.66. The summed E-state index contributed by atoms with van der Waals surface area (Å²) in [4.78, 5) is 17.5. The van der Waals surface area contributed by atoms with Crippen LogP contribution in [0.15, 0.2) is 48.5 Å². The summed E-state index contributed by atoms with van der Waals surface area (Å²) in [7, 11) is 0. The van der Waals surface area contributed by atoms with Crippen molar-refractivity contribution in [2.75, 3.05) is 17.2 Å². The average molecular weight is 414 g/mol. The molecule has 1 aromatic heterocycles. The second-order valence-corrected chi connectivity index (χ2v) is 7.12. The maximum atomic E-state index is 12.2. The van der Waals surface area contributed by atoms with Crippen molar-refractivity contribution in [2.45, 2.75) is 13.5 Å². The highest BCUT2D eigenvalue weighted by atomic mass is 32.1. The molecule has 0 saturated carbocycles. The Kier molecular flexibility index (Phi) is 6.36. The predicted octanol–water partition coefficient (Wildman–Crippen LogP) is 4.64. The number of amides is 1. The van der Waals surface area contributed by atoms with Crippen molar-refractivity contribution in [3.05, 3.63) is 59.0 Å². The predicted molar refractivity (Wildman–Crippen MR) is 107 cm³/mol. The molecule has 0 atom stereocenters. The minimum absolute atomic E-state index is 0.0412. The van der Waals surface area contributed by atoms with Crippen LogP contribution in [0.4, 0.5) is 19.6 Å². The van der Waals surface area contributed by atoms with E-state index in [1.54, 1.807) is 36.4 Å². The van der Waals surface area contributed by atoms with Gasteiger partial charge in [0.05, 0.1) is 23.9 Å². The molecule has 9 heteroatoms. The summed E-state index contributed by atoms with van der Waals surface area (Å²) >= 11 is 1.32. The smallest absolute Gasteiger partial charge is 0.387 e. The first-order chi connectivity index (χ1) is 13.9. The van der Waals surface area contributed by atoms with E-state index in [0.29, 0.717) is 16.4 Å². The molecule has 2 N–H and O–H groups in total. The molecule has 0 radical (unpaired) electrons. The number of nitrogens with one attached hydrogen (secondary N) is 2.